The van der Waals surface area contributed by atoms with E-state index in [0.717, 1.165) is 27.6 Å². The van der Waals surface area contributed by atoms with Crippen molar-refractivity contribution in [2.24, 2.45) is 0 Å². The molecule has 1 heterocycles. The first kappa shape index (κ1) is 21.3. The third-order valence-electron chi connectivity index (χ3n) is 4.79. The maximum absolute atomic E-state index is 12.1. The van der Waals surface area contributed by atoms with E-state index in [-0.39, 0.29) is 5.91 Å². The molecule has 0 aliphatic carbocycles. The zero-order valence-corrected chi connectivity index (χ0v) is 18.0. The Morgan fingerprint density at radius 3 is 2.50 bits per heavy atom. The van der Waals surface area contributed by atoms with E-state index in [2.05, 4.69) is 5.32 Å². The number of nitrogens with one attached hydrogen (secondary N) is 1. The van der Waals surface area contributed by atoms with Gasteiger partial charge in [0, 0.05) is 35.2 Å². The van der Waals surface area contributed by atoms with Crippen LogP contribution in [-0.2, 0) is 4.79 Å². The van der Waals surface area contributed by atoms with Crippen LogP contribution >= 0.6 is 0 Å². The van der Waals surface area contributed by atoms with Crippen molar-refractivity contribution in [1.82, 2.24) is 5.32 Å². The third kappa shape index (κ3) is 4.27. The van der Waals surface area contributed by atoms with Gasteiger partial charge in [-0.3, -0.25) is 4.79 Å². The first-order valence-corrected chi connectivity index (χ1v) is 9.89. The van der Waals surface area contributed by atoms with Crippen LogP contribution in [0, 0.1) is 0 Å². The second kappa shape index (κ2) is 9.39. The van der Waals surface area contributed by atoms with Crippen molar-refractivity contribution in [1.29, 1.82) is 0 Å². The fourth-order valence-corrected chi connectivity index (χ4v) is 3.37. The minimum atomic E-state index is -0.134. The fraction of sp³-hybridized carbons (Fsp3) is 0.292. The van der Waals surface area contributed by atoms with E-state index in [1.165, 1.54) is 0 Å². The molecule has 0 fully saturated rings. The maximum Gasteiger partial charge on any atom is 0.244 e. The number of hydrogen-bond acceptors (Lipinski definition) is 5. The van der Waals surface area contributed by atoms with Gasteiger partial charge >= 0.3 is 0 Å². The van der Waals surface area contributed by atoms with Gasteiger partial charge in [-0.15, -0.1) is 0 Å². The van der Waals surface area contributed by atoms with Crippen LogP contribution in [0.1, 0.15) is 26.3 Å². The maximum atomic E-state index is 12.1. The summed E-state index contributed by atoms with van der Waals surface area (Å²) in [5, 5.41) is 3.71. The largest absolute Gasteiger partial charge is 0.493 e. The van der Waals surface area contributed by atoms with Crippen LogP contribution < -0.4 is 19.5 Å². The zero-order valence-electron chi connectivity index (χ0n) is 18.0. The van der Waals surface area contributed by atoms with E-state index in [4.69, 9.17) is 18.6 Å². The quantitative estimate of drug-likeness (QED) is 0.527. The molecular weight excluding hydrogens is 382 g/mol. The Balaban J connectivity index is 2.14. The fourth-order valence-electron chi connectivity index (χ4n) is 3.37. The summed E-state index contributed by atoms with van der Waals surface area (Å²) in [5.41, 5.74) is 4.22. The average molecular weight is 409 g/mol. The molecule has 0 aliphatic rings. The predicted molar refractivity (Wildman–Crippen MR) is 118 cm³/mol. The minimum Gasteiger partial charge on any atom is -0.493 e. The van der Waals surface area contributed by atoms with Crippen molar-refractivity contribution >= 4 is 22.4 Å². The topological polar surface area (TPSA) is 69.9 Å². The normalized spacial score (nSPS) is 11.4. The predicted octanol–water partition coefficient (Wildman–Crippen LogP) is 5.06. The summed E-state index contributed by atoms with van der Waals surface area (Å²) < 4.78 is 22.4. The molecule has 0 saturated heterocycles. The summed E-state index contributed by atoms with van der Waals surface area (Å²) in [6, 6.07) is 9.60. The van der Waals surface area contributed by atoms with Gasteiger partial charge in [0.15, 0.2) is 11.5 Å². The number of carbonyl (C=O) groups excluding carboxylic acids is 1. The van der Waals surface area contributed by atoms with Gasteiger partial charge in [-0.2, -0.15) is 0 Å². The molecule has 6 nitrogen and oxygen atoms in total. The Bertz CT molecular complexity index is 1080. The highest BCUT2D eigenvalue weighted by molar-refractivity contribution is 6.00. The summed E-state index contributed by atoms with van der Waals surface area (Å²) in [6.45, 7) is 6.80. The van der Waals surface area contributed by atoms with Gasteiger partial charge in [-0.1, -0.05) is 6.07 Å². The smallest absolute Gasteiger partial charge is 0.244 e. The SMILES string of the molecule is CCNC(=O)/C=C(\C)c1cc2c(-c3ccc(OC)c(OC)c3)coc2cc1OCC. The minimum absolute atomic E-state index is 0.134. The standard InChI is InChI=1S/C24H27NO5/c1-6-25-24(26)10-15(3)17-12-18-19(14-30-22(18)13-21(17)29-7-2)16-8-9-20(27-4)23(11-16)28-5/h8-14H,6-7H2,1-5H3,(H,25,26)/b15-10+. The monoisotopic (exact) mass is 409 g/mol. The van der Waals surface area contributed by atoms with Crippen molar-refractivity contribution in [3.8, 4) is 28.4 Å². The Morgan fingerprint density at radius 2 is 1.83 bits per heavy atom. The highest BCUT2D eigenvalue weighted by atomic mass is 16.5. The van der Waals surface area contributed by atoms with E-state index in [1.54, 1.807) is 26.6 Å². The van der Waals surface area contributed by atoms with Crippen LogP contribution in [0.2, 0.25) is 0 Å². The van der Waals surface area contributed by atoms with Gasteiger partial charge in [0.1, 0.15) is 11.3 Å². The van der Waals surface area contributed by atoms with Gasteiger partial charge < -0.3 is 23.9 Å². The van der Waals surface area contributed by atoms with E-state index in [9.17, 15) is 4.79 Å². The first-order valence-electron chi connectivity index (χ1n) is 9.89. The number of carbonyl (C=O) groups is 1. The van der Waals surface area contributed by atoms with Gasteiger partial charge in [0.05, 0.1) is 27.1 Å². The first-order chi connectivity index (χ1) is 14.5. The van der Waals surface area contributed by atoms with Crippen LogP contribution in [0.5, 0.6) is 17.2 Å². The number of ether oxygens (including phenoxy) is 3. The van der Waals surface area contributed by atoms with Gasteiger partial charge in [-0.05, 0) is 50.1 Å². The second-order valence-corrected chi connectivity index (χ2v) is 6.72. The summed E-state index contributed by atoms with van der Waals surface area (Å²) >= 11 is 0. The molecule has 3 rings (SSSR count). The molecule has 3 aromatic rings. The van der Waals surface area contributed by atoms with Crippen LogP contribution in [0.25, 0.3) is 27.7 Å². The van der Waals surface area contributed by atoms with Crippen molar-refractivity contribution in [2.75, 3.05) is 27.4 Å². The van der Waals surface area contributed by atoms with E-state index in [0.29, 0.717) is 36.0 Å². The van der Waals surface area contributed by atoms with Crippen LogP contribution in [0.15, 0.2) is 47.1 Å². The molecule has 0 spiro atoms. The zero-order chi connectivity index (χ0) is 21.7. The highest BCUT2D eigenvalue weighted by Crippen LogP contribution is 2.39. The van der Waals surface area contributed by atoms with Crippen LogP contribution in [0.4, 0.5) is 0 Å². The molecule has 1 aromatic heterocycles. The van der Waals surface area contributed by atoms with Crippen LogP contribution in [-0.4, -0.2) is 33.3 Å². The van der Waals surface area contributed by atoms with Crippen molar-refractivity contribution < 1.29 is 23.4 Å². The Hall–Kier alpha value is -3.41. The number of likely N-dealkylation sites (N-methyl/N-ethyl adjacent to an activating group) is 1. The molecule has 0 saturated carbocycles. The summed E-state index contributed by atoms with van der Waals surface area (Å²) in [6.07, 6.45) is 3.30. The van der Waals surface area contributed by atoms with Gasteiger partial charge in [0.25, 0.3) is 0 Å². The molecule has 6 heteroatoms. The third-order valence-corrected chi connectivity index (χ3v) is 4.79. The Morgan fingerprint density at radius 1 is 1.07 bits per heavy atom. The number of methoxy groups -OCH3 is 2. The summed E-state index contributed by atoms with van der Waals surface area (Å²) in [4.78, 5) is 12.1. The molecule has 2 aromatic carbocycles. The van der Waals surface area contributed by atoms with Gasteiger partial charge in [-0.25, -0.2) is 0 Å². The number of hydrogen-bond donors (Lipinski definition) is 1. The molecule has 0 atom stereocenters. The van der Waals surface area contributed by atoms with Crippen molar-refractivity contribution in [2.45, 2.75) is 20.8 Å². The lowest BCUT2D eigenvalue weighted by Crippen LogP contribution is -2.20. The lowest BCUT2D eigenvalue weighted by atomic mass is 9.99. The molecule has 1 amide bonds. The number of amides is 1. The number of rotatable bonds is 8. The number of furan rings is 1. The lowest BCUT2D eigenvalue weighted by molar-refractivity contribution is -0.116. The number of allylic oxidation sites excluding steroid dienone is 1. The Labute approximate surface area is 176 Å². The Kier molecular flexibility index (Phi) is 6.67. The van der Waals surface area contributed by atoms with E-state index >= 15 is 0 Å². The molecule has 0 aliphatic heterocycles. The second-order valence-electron chi connectivity index (χ2n) is 6.72. The van der Waals surface area contributed by atoms with Crippen molar-refractivity contribution in [3.05, 3.63) is 48.2 Å². The summed E-state index contributed by atoms with van der Waals surface area (Å²) in [5.74, 6) is 1.85. The van der Waals surface area contributed by atoms with E-state index in [1.807, 2.05) is 51.1 Å². The average Bonchev–Trinajstić information content (AvgIpc) is 3.15. The van der Waals surface area contributed by atoms with Gasteiger partial charge in [0.2, 0.25) is 5.91 Å². The molecule has 0 unspecified atom stereocenters. The van der Waals surface area contributed by atoms with Crippen LogP contribution in [0.3, 0.4) is 0 Å². The van der Waals surface area contributed by atoms with E-state index < -0.39 is 0 Å². The molecular formula is C24H27NO5. The molecule has 0 bridgehead atoms. The summed E-state index contributed by atoms with van der Waals surface area (Å²) in [7, 11) is 3.22. The number of benzene rings is 2. The molecule has 158 valence electrons. The molecule has 1 N–H and O–H groups in total. The highest BCUT2D eigenvalue weighted by Gasteiger charge is 2.16. The van der Waals surface area contributed by atoms with Crippen molar-refractivity contribution in [3.63, 3.8) is 0 Å². The molecule has 0 radical (unpaired) electrons. The lowest BCUT2D eigenvalue weighted by Gasteiger charge is -2.12. The molecule has 30 heavy (non-hydrogen) atoms. The number of fused-ring (bicyclic) bond motifs is 1.